The molecule has 0 aromatic rings. The second kappa shape index (κ2) is 4.31. The fourth-order valence-electron chi connectivity index (χ4n) is 1.04. The number of hydrogen-bond acceptors (Lipinski definition) is 3. The van der Waals surface area contributed by atoms with Crippen molar-refractivity contribution in [1.82, 2.24) is 10.6 Å². The highest BCUT2D eigenvalue weighted by Gasteiger charge is 2.16. The number of esters is 1. The summed E-state index contributed by atoms with van der Waals surface area (Å²) in [5, 5.41) is 7.32. The molecule has 1 fully saturated rings. The number of carbonyl (C=O) groups excluding carboxylic acids is 1. The van der Waals surface area contributed by atoms with Gasteiger partial charge in [0, 0.05) is 6.54 Å². The summed E-state index contributed by atoms with van der Waals surface area (Å²) in [6.07, 6.45) is 1.41. The number of methoxy groups -OCH3 is 1. The van der Waals surface area contributed by atoms with Crippen LogP contribution in [0.15, 0.2) is 0 Å². The van der Waals surface area contributed by atoms with Crippen molar-refractivity contribution in [3.8, 4) is 0 Å². The van der Waals surface area contributed by atoms with Gasteiger partial charge < -0.3 is 10.1 Å². The Morgan fingerprint density at radius 3 is 3.18 bits per heavy atom. The maximum absolute atomic E-state index is 10.8. The normalized spacial score (nSPS) is 19.7. The van der Waals surface area contributed by atoms with E-state index in [4.69, 9.17) is 0 Å². The van der Waals surface area contributed by atoms with E-state index in [0.29, 0.717) is 6.42 Å². The standard InChI is InChI=1S/C7H13N2O2/c1-11-7(10)5-6-8-3-2-4-9-6/h6,8H,2-5H2,1H3. The predicted molar refractivity (Wildman–Crippen MR) is 40.0 cm³/mol. The molecular formula is C7H13N2O2. The third kappa shape index (κ3) is 2.86. The molecule has 0 saturated carbocycles. The highest BCUT2D eigenvalue weighted by atomic mass is 16.5. The van der Waals surface area contributed by atoms with Crippen LogP contribution in [0.1, 0.15) is 12.8 Å². The molecule has 1 atom stereocenters. The molecule has 1 saturated heterocycles. The van der Waals surface area contributed by atoms with Gasteiger partial charge >= 0.3 is 5.97 Å². The number of carbonyl (C=O) groups is 1. The van der Waals surface area contributed by atoms with E-state index in [9.17, 15) is 4.79 Å². The fraction of sp³-hybridized carbons (Fsp3) is 0.857. The first-order valence-corrected chi connectivity index (χ1v) is 3.79. The molecule has 0 aliphatic carbocycles. The van der Waals surface area contributed by atoms with Crippen LogP contribution in [0.2, 0.25) is 0 Å². The summed E-state index contributed by atoms with van der Waals surface area (Å²) in [5.74, 6) is -0.201. The van der Waals surface area contributed by atoms with Gasteiger partial charge in [-0.15, -0.1) is 0 Å². The van der Waals surface area contributed by atoms with E-state index < -0.39 is 0 Å². The summed E-state index contributed by atoms with van der Waals surface area (Å²) in [4.78, 5) is 10.8. The van der Waals surface area contributed by atoms with Gasteiger partial charge in [-0.3, -0.25) is 4.79 Å². The van der Waals surface area contributed by atoms with Crippen LogP contribution in [0.25, 0.3) is 0 Å². The Labute approximate surface area is 66.3 Å². The number of hydrogen-bond donors (Lipinski definition) is 1. The molecule has 0 bridgehead atoms. The lowest BCUT2D eigenvalue weighted by molar-refractivity contribution is -0.141. The maximum Gasteiger partial charge on any atom is 0.308 e. The molecule has 0 aromatic heterocycles. The molecule has 1 aliphatic rings. The SMILES string of the molecule is COC(=O)CC1[N]CCCN1. The van der Waals surface area contributed by atoms with Crippen molar-refractivity contribution < 1.29 is 9.53 Å². The van der Waals surface area contributed by atoms with E-state index in [1.807, 2.05) is 0 Å². The molecule has 63 valence electrons. The first kappa shape index (κ1) is 8.49. The van der Waals surface area contributed by atoms with E-state index in [1.165, 1.54) is 7.11 Å². The molecule has 1 rings (SSSR count). The van der Waals surface area contributed by atoms with Crippen LogP contribution in [0.3, 0.4) is 0 Å². The van der Waals surface area contributed by atoms with Crippen LogP contribution < -0.4 is 10.6 Å². The second-order valence-electron chi connectivity index (χ2n) is 2.51. The van der Waals surface area contributed by atoms with E-state index in [1.54, 1.807) is 0 Å². The summed E-state index contributed by atoms with van der Waals surface area (Å²) in [5.41, 5.74) is 0. The monoisotopic (exact) mass is 157 g/mol. The predicted octanol–water partition coefficient (Wildman–Crippen LogP) is -0.527. The van der Waals surface area contributed by atoms with Crippen molar-refractivity contribution in [2.45, 2.75) is 19.0 Å². The third-order valence-electron chi connectivity index (χ3n) is 1.65. The van der Waals surface area contributed by atoms with Gasteiger partial charge in [-0.05, 0) is 13.0 Å². The Kier molecular flexibility index (Phi) is 3.32. The van der Waals surface area contributed by atoms with Gasteiger partial charge in [-0.25, -0.2) is 5.32 Å². The van der Waals surface area contributed by atoms with Crippen molar-refractivity contribution in [1.29, 1.82) is 0 Å². The zero-order chi connectivity index (χ0) is 8.10. The van der Waals surface area contributed by atoms with E-state index >= 15 is 0 Å². The molecule has 1 heterocycles. The average molecular weight is 157 g/mol. The molecule has 4 heteroatoms. The van der Waals surface area contributed by atoms with Gasteiger partial charge in [0.25, 0.3) is 0 Å². The van der Waals surface area contributed by atoms with E-state index in [-0.39, 0.29) is 12.1 Å². The zero-order valence-electron chi connectivity index (χ0n) is 6.67. The van der Waals surface area contributed by atoms with Gasteiger partial charge in [-0.1, -0.05) is 0 Å². The zero-order valence-corrected chi connectivity index (χ0v) is 6.67. The summed E-state index contributed by atoms with van der Waals surface area (Å²) in [7, 11) is 1.39. The molecule has 1 radical (unpaired) electrons. The van der Waals surface area contributed by atoms with Crippen molar-refractivity contribution in [3.63, 3.8) is 0 Å². The molecule has 0 aromatic carbocycles. The molecule has 4 nitrogen and oxygen atoms in total. The minimum Gasteiger partial charge on any atom is -0.469 e. The smallest absolute Gasteiger partial charge is 0.308 e. The topological polar surface area (TPSA) is 52.4 Å². The minimum absolute atomic E-state index is 0.0174. The van der Waals surface area contributed by atoms with Gasteiger partial charge in [0.05, 0.1) is 19.7 Å². The van der Waals surface area contributed by atoms with Crippen LogP contribution in [0.5, 0.6) is 0 Å². The molecule has 11 heavy (non-hydrogen) atoms. The summed E-state index contributed by atoms with van der Waals surface area (Å²) < 4.78 is 4.51. The Balaban J connectivity index is 2.19. The summed E-state index contributed by atoms with van der Waals surface area (Å²) in [6.45, 7) is 1.81. The lowest BCUT2D eigenvalue weighted by Crippen LogP contribution is -2.45. The first-order chi connectivity index (χ1) is 5.33. The van der Waals surface area contributed by atoms with Crippen molar-refractivity contribution >= 4 is 5.97 Å². The molecular weight excluding hydrogens is 144 g/mol. The Morgan fingerprint density at radius 2 is 2.64 bits per heavy atom. The average Bonchev–Trinajstić information content (AvgIpc) is 2.06. The second-order valence-corrected chi connectivity index (χ2v) is 2.51. The van der Waals surface area contributed by atoms with E-state index in [0.717, 1.165) is 19.5 Å². The highest BCUT2D eigenvalue weighted by Crippen LogP contribution is 1.97. The van der Waals surface area contributed by atoms with Crippen molar-refractivity contribution in [2.24, 2.45) is 0 Å². The van der Waals surface area contributed by atoms with Gasteiger partial charge in [0.15, 0.2) is 0 Å². The van der Waals surface area contributed by atoms with Crippen molar-refractivity contribution in [2.75, 3.05) is 20.2 Å². The summed E-state index contributed by atoms with van der Waals surface area (Å²) >= 11 is 0. The molecule has 0 spiro atoms. The lowest BCUT2D eigenvalue weighted by atomic mass is 10.2. The Bertz CT molecular complexity index is 132. The van der Waals surface area contributed by atoms with Crippen molar-refractivity contribution in [3.05, 3.63) is 0 Å². The fourth-order valence-corrected chi connectivity index (χ4v) is 1.04. The quantitative estimate of drug-likeness (QED) is 0.548. The number of nitrogens with zero attached hydrogens (tertiary/aromatic N) is 1. The first-order valence-electron chi connectivity index (χ1n) is 3.79. The highest BCUT2D eigenvalue weighted by molar-refractivity contribution is 5.69. The van der Waals surface area contributed by atoms with Gasteiger partial charge in [-0.2, -0.15) is 0 Å². The minimum atomic E-state index is -0.201. The van der Waals surface area contributed by atoms with E-state index in [2.05, 4.69) is 15.4 Å². The van der Waals surface area contributed by atoms with Crippen LogP contribution in [-0.4, -0.2) is 32.3 Å². The number of ether oxygens (including phenoxy) is 1. The molecule has 1 aliphatic heterocycles. The maximum atomic E-state index is 10.8. The van der Waals surface area contributed by atoms with Crippen LogP contribution in [0, 0.1) is 0 Å². The molecule has 0 amide bonds. The van der Waals surface area contributed by atoms with Crippen LogP contribution >= 0.6 is 0 Å². The Hall–Kier alpha value is -0.610. The Morgan fingerprint density at radius 1 is 1.82 bits per heavy atom. The molecule has 1 N–H and O–H groups in total. The third-order valence-corrected chi connectivity index (χ3v) is 1.65. The van der Waals surface area contributed by atoms with Gasteiger partial charge in [0.1, 0.15) is 0 Å². The lowest BCUT2D eigenvalue weighted by Gasteiger charge is -2.21. The van der Waals surface area contributed by atoms with Crippen LogP contribution in [0.4, 0.5) is 0 Å². The van der Waals surface area contributed by atoms with Gasteiger partial charge in [0.2, 0.25) is 0 Å². The number of nitrogens with one attached hydrogen (secondary N) is 1. The molecule has 1 unspecified atom stereocenters. The largest absolute Gasteiger partial charge is 0.469 e. The summed E-state index contributed by atoms with van der Waals surface area (Å²) in [6, 6.07) is 0. The number of rotatable bonds is 2. The van der Waals surface area contributed by atoms with Crippen LogP contribution in [-0.2, 0) is 9.53 Å².